The molecule has 1 atom stereocenters. The van der Waals surface area contributed by atoms with Crippen LogP contribution in [0, 0.1) is 0 Å². The van der Waals surface area contributed by atoms with E-state index < -0.39 is 29.2 Å². The Morgan fingerprint density at radius 2 is 1.66 bits per heavy atom. The van der Waals surface area contributed by atoms with Crippen LogP contribution in [0.4, 0.5) is 13.2 Å². The van der Waals surface area contributed by atoms with E-state index in [2.05, 4.69) is 5.32 Å². The fourth-order valence-corrected chi connectivity index (χ4v) is 3.13. The van der Waals surface area contributed by atoms with Gasteiger partial charge in [0.25, 0.3) is 5.91 Å². The Hall–Kier alpha value is -3.55. The van der Waals surface area contributed by atoms with Crippen molar-refractivity contribution in [1.82, 2.24) is 5.32 Å². The lowest BCUT2D eigenvalue weighted by molar-refractivity contribution is -0.144. The molecule has 0 aliphatic heterocycles. The fraction of sp³-hybridized carbons (Fsp3) is 0.250. The summed E-state index contributed by atoms with van der Waals surface area (Å²) in [7, 11) is 0. The highest BCUT2D eigenvalue weighted by Gasteiger charge is 2.34. The van der Waals surface area contributed by atoms with Gasteiger partial charge in [0.2, 0.25) is 0 Å². The number of nitrogens with one attached hydrogen (secondary N) is 1. The first-order valence-electron chi connectivity index (χ1n) is 9.92. The van der Waals surface area contributed by atoms with Crippen molar-refractivity contribution in [3.05, 3.63) is 77.4 Å². The number of carboxylic acid groups (broad SMARTS) is 1. The number of ether oxygens (including phenoxy) is 1. The molecule has 0 bridgehead atoms. The monoisotopic (exact) mass is 445 g/mol. The molecule has 5 nitrogen and oxygen atoms in total. The van der Waals surface area contributed by atoms with Crippen molar-refractivity contribution < 1.29 is 32.6 Å². The first-order valence-corrected chi connectivity index (χ1v) is 9.92. The number of fused-ring (bicyclic) bond motifs is 1. The molecule has 3 aromatic rings. The smallest absolute Gasteiger partial charge is 0.416 e. The van der Waals surface area contributed by atoms with Crippen molar-refractivity contribution >= 4 is 22.6 Å². The Morgan fingerprint density at radius 1 is 1.00 bits per heavy atom. The zero-order chi connectivity index (χ0) is 23.5. The number of benzene rings is 3. The Morgan fingerprint density at radius 3 is 2.25 bits per heavy atom. The Labute approximate surface area is 182 Å². The lowest BCUT2D eigenvalue weighted by Gasteiger charge is -2.25. The SMILES string of the molecule is CC[C@@](C)(NC(=O)c1ccc2ccccc2c1OCc1ccc(C(F)(F)F)cc1)C(=O)O. The minimum atomic E-state index is -4.43. The molecule has 2 N–H and O–H groups in total. The number of rotatable bonds is 7. The van der Waals surface area contributed by atoms with Gasteiger partial charge in [-0.15, -0.1) is 0 Å². The minimum Gasteiger partial charge on any atom is -0.487 e. The van der Waals surface area contributed by atoms with Gasteiger partial charge in [0, 0.05) is 5.39 Å². The molecule has 0 saturated heterocycles. The zero-order valence-electron chi connectivity index (χ0n) is 17.5. The van der Waals surface area contributed by atoms with E-state index in [4.69, 9.17) is 4.74 Å². The molecule has 0 spiro atoms. The quantitative estimate of drug-likeness (QED) is 0.509. The van der Waals surface area contributed by atoms with Crippen LogP contribution in [0.15, 0.2) is 60.7 Å². The maximum Gasteiger partial charge on any atom is 0.416 e. The molecule has 0 heterocycles. The van der Waals surface area contributed by atoms with Gasteiger partial charge in [0.05, 0.1) is 11.1 Å². The van der Waals surface area contributed by atoms with Gasteiger partial charge in [-0.05, 0) is 42.5 Å². The largest absolute Gasteiger partial charge is 0.487 e. The summed E-state index contributed by atoms with van der Waals surface area (Å²) < 4.78 is 44.3. The maximum absolute atomic E-state index is 13.0. The summed E-state index contributed by atoms with van der Waals surface area (Å²) >= 11 is 0. The van der Waals surface area contributed by atoms with Crippen molar-refractivity contribution in [1.29, 1.82) is 0 Å². The summed E-state index contributed by atoms with van der Waals surface area (Å²) in [6.45, 7) is 2.99. The van der Waals surface area contributed by atoms with Crippen molar-refractivity contribution in [3.8, 4) is 5.75 Å². The number of hydrogen-bond donors (Lipinski definition) is 2. The van der Waals surface area contributed by atoms with Crippen molar-refractivity contribution in [3.63, 3.8) is 0 Å². The molecule has 0 radical (unpaired) electrons. The molecule has 0 aliphatic rings. The van der Waals surface area contributed by atoms with Gasteiger partial charge < -0.3 is 15.2 Å². The number of halogens is 3. The molecule has 3 aromatic carbocycles. The minimum absolute atomic E-state index is 0.0730. The lowest BCUT2D eigenvalue weighted by Crippen LogP contribution is -2.51. The van der Waals surface area contributed by atoms with E-state index in [9.17, 15) is 27.9 Å². The van der Waals surface area contributed by atoms with Crippen LogP contribution in [0.25, 0.3) is 10.8 Å². The third kappa shape index (κ3) is 4.85. The Balaban J connectivity index is 1.94. The van der Waals surface area contributed by atoms with Gasteiger partial charge in [-0.25, -0.2) is 4.79 Å². The van der Waals surface area contributed by atoms with Crippen LogP contribution in [0.5, 0.6) is 5.75 Å². The van der Waals surface area contributed by atoms with E-state index in [1.54, 1.807) is 25.1 Å². The van der Waals surface area contributed by atoms with Crippen LogP contribution in [0.1, 0.15) is 41.8 Å². The Kier molecular flexibility index (Phi) is 6.43. The van der Waals surface area contributed by atoms with Crippen molar-refractivity contribution in [2.45, 2.75) is 38.6 Å². The molecular formula is C24H22F3NO4. The molecular weight excluding hydrogens is 423 g/mol. The Bertz CT molecular complexity index is 1140. The number of aliphatic carboxylic acids is 1. The predicted molar refractivity (Wildman–Crippen MR) is 114 cm³/mol. The average Bonchev–Trinajstić information content (AvgIpc) is 2.76. The number of carbonyl (C=O) groups excluding carboxylic acids is 1. The normalized spacial score (nSPS) is 13.4. The number of hydrogen-bond acceptors (Lipinski definition) is 3. The summed E-state index contributed by atoms with van der Waals surface area (Å²) in [5.41, 5.74) is -1.61. The molecule has 1 amide bonds. The van der Waals surface area contributed by atoms with Gasteiger partial charge in [-0.3, -0.25) is 4.79 Å². The molecule has 3 rings (SSSR count). The fourth-order valence-electron chi connectivity index (χ4n) is 3.13. The van der Waals surface area contributed by atoms with Crippen LogP contribution >= 0.6 is 0 Å². The summed E-state index contributed by atoms with van der Waals surface area (Å²) in [4.78, 5) is 24.6. The van der Waals surface area contributed by atoms with Crippen molar-refractivity contribution in [2.24, 2.45) is 0 Å². The highest BCUT2D eigenvalue weighted by molar-refractivity contribution is 6.05. The van der Waals surface area contributed by atoms with E-state index >= 15 is 0 Å². The number of alkyl halides is 3. The van der Waals surface area contributed by atoms with Crippen LogP contribution in [0.2, 0.25) is 0 Å². The third-order valence-corrected chi connectivity index (χ3v) is 5.36. The first-order chi connectivity index (χ1) is 15.0. The lowest BCUT2D eigenvalue weighted by atomic mass is 9.97. The summed E-state index contributed by atoms with van der Waals surface area (Å²) in [6, 6.07) is 15.0. The number of amides is 1. The van der Waals surface area contributed by atoms with Gasteiger partial charge in [-0.1, -0.05) is 49.4 Å². The number of carboxylic acids is 1. The first kappa shape index (κ1) is 23.1. The summed E-state index contributed by atoms with van der Waals surface area (Å²) in [5, 5.41) is 13.4. The molecule has 8 heteroatoms. The molecule has 32 heavy (non-hydrogen) atoms. The van der Waals surface area contributed by atoms with E-state index in [1.807, 2.05) is 12.1 Å². The maximum atomic E-state index is 13.0. The molecule has 168 valence electrons. The molecule has 0 aromatic heterocycles. The number of carbonyl (C=O) groups is 2. The van der Waals surface area contributed by atoms with Crippen molar-refractivity contribution in [2.75, 3.05) is 0 Å². The molecule has 0 unspecified atom stereocenters. The summed E-state index contributed by atoms with van der Waals surface area (Å²) in [5.74, 6) is -1.56. The second-order valence-corrected chi connectivity index (χ2v) is 7.59. The third-order valence-electron chi connectivity index (χ3n) is 5.36. The highest BCUT2D eigenvalue weighted by Crippen LogP contribution is 2.32. The van der Waals surface area contributed by atoms with Crippen LogP contribution in [0.3, 0.4) is 0 Å². The average molecular weight is 445 g/mol. The molecule has 0 saturated carbocycles. The van der Waals surface area contributed by atoms with E-state index in [1.165, 1.54) is 25.1 Å². The van der Waals surface area contributed by atoms with E-state index in [-0.39, 0.29) is 24.3 Å². The standard InChI is InChI=1S/C24H22F3NO4/c1-3-23(2,22(30)31)28-21(29)19-13-10-16-6-4-5-7-18(16)20(19)32-14-15-8-11-17(12-9-15)24(25,26)27/h4-13H,3,14H2,1-2H3,(H,28,29)(H,30,31)/t23-/m1/s1. The van der Waals surface area contributed by atoms with Gasteiger partial charge in [-0.2, -0.15) is 13.2 Å². The van der Waals surface area contributed by atoms with Gasteiger partial charge in [0.1, 0.15) is 17.9 Å². The van der Waals surface area contributed by atoms with Gasteiger partial charge in [0.15, 0.2) is 0 Å². The van der Waals surface area contributed by atoms with Crippen LogP contribution in [-0.2, 0) is 17.6 Å². The second-order valence-electron chi connectivity index (χ2n) is 7.59. The van der Waals surface area contributed by atoms with Crippen LogP contribution in [-0.4, -0.2) is 22.5 Å². The zero-order valence-corrected chi connectivity index (χ0v) is 17.5. The van der Waals surface area contributed by atoms with Crippen LogP contribution < -0.4 is 10.1 Å². The van der Waals surface area contributed by atoms with E-state index in [0.717, 1.165) is 17.5 Å². The summed E-state index contributed by atoms with van der Waals surface area (Å²) in [6.07, 6.45) is -4.26. The topological polar surface area (TPSA) is 75.6 Å². The predicted octanol–water partition coefficient (Wildman–Crippen LogP) is 5.42. The second kappa shape index (κ2) is 8.90. The highest BCUT2D eigenvalue weighted by atomic mass is 19.4. The molecule has 0 aliphatic carbocycles. The van der Waals surface area contributed by atoms with Gasteiger partial charge >= 0.3 is 12.1 Å². The van der Waals surface area contributed by atoms with E-state index in [0.29, 0.717) is 10.9 Å². The molecule has 0 fully saturated rings.